The Morgan fingerprint density at radius 1 is 1.53 bits per heavy atom. The van der Waals surface area contributed by atoms with Crippen molar-refractivity contribution in [3.63, 3.8) is 0 Å². The third-order valence-corrected chi connectivity index (χ3v) is 2.84. The lowest BCUT2D eigenvalue weighted by Crippen LogP contribution is -2.46. The van der Waals surface area contributed by atoms with E-state index in [4.69, 9.17) is 4.74 Å². The van der Waals surface area contributed by atoms with Crippen molar-refractivity contribution in [2.24, 2.45) is 0 Å². The number of Topliss-reactive ketones (excluding diaryl/α,β-unsaturated/α-hetero) is 1. The predicted molar refractivity (Wildman–Crippen MR) is 61.1 cm³/mol. The van der Waals surface area contributed by atoms with Crippen LogP contribution in [0.3, 0.4) is 0 Å². The summed E-state index contributed by atoms with van der Waals surface area (Å²) in [5.74, 6) is 0.0935. The van der Waals surface area contributed by atoms with Crippen LogP contribution >= 0.6 is 15.9 Å². The fourth-order valence-corrected chi connectivity index (χ4v) is 1.98. The molecule has 0 spiro atoms. The van der Waals surface area contributed by atoms with E-state index in [9.17, 15) is 4.79 Å². The Hall–Kier alpha value is -0.710. The molecule has 1 aliphatic rings. The normalized spacial score (nSPS) is 21.3. The van der Waals surface area contributed by atoms with Gasteiger partial charge in [0.1, 0.15) is 0 Å². The lowest BCUT2D eigenvalue weighted by molar-refractivity contribution is 0.0607. The standard InChI is InChI=1S/C11H12BrNO2/c12-9-3-1-2-8(6-9)11(14)10-7-15-5-4-13-10/h1-3,6,10,13H,4-5,7H2. The van der Waals surface area contributed by atoms with Crippen LogP contribution in [0.1, 0.15) is 10.4 Å². The summed E-state index contributed by atoms with van der Waals surface area (Å²) in [6, 6.07) is 7.22. The molecule has 0 aromatic heterocycles. The zero-order valence-corrected chi connectivity index (χ0v) is 9.79. The first-order valence-corrected chi connectivity index (χ1v) is 5.67. The van der Waals surface area contributed by atoms with E-state index in [0.717, 1.165) is 11.0 Å². The molecular formula is C11H12BrNO2. The van der Waals surface area contributed by atoms with Gasteiger partial charge in [0.2, 0.25) is 0 Å². The van der Waals surface area contributed by atoms with Crippen LogP contribution in [0.15, 0.2) is 28.7 Å². The Morgan fingerprint density at radius 2 is 2.40 bits per heavy atom. The highest BCUT2D eigenvalue weighted by molar-refractivity contribution is 9.10. The molecule has 0 aliphatic carbocycles. The first kappa shape index (κ1) is 10.8. The topological polar surface area (TPSA) is 38.3 Å². The van der Waals surface area contributed by atoms with Crippen LogP contribution in [0, 0.1) is 0 Å². The van der Waals surface area contributed by atoms with Gasteiger partial charge in [-0.2, -0.15) is 0 Å². The zero-order valence-electron chi connectivity index (χ0n) is 8.20. The molecule has 15 heavy (non-hydrogen) atoms. The predicted octanol–water partition coefficient (Wildman–Crippen LogP) is 1.62. The van der Waals surface area contributed by atoms with E-state index in [1.165, 1.54) is 0 Å². The molecule has 1 aromatic carbocycles. The number of morpholine rings is 1. The Balaban J connectivity index is 2.12. The van der Waals surface area contributed by atoms with Crippen LogP contribution in [-0.2, 0) is 4.74 Å². The highest BCUT2D eigenvalue weighted by Gasteiger charge is 2.22. The molecular weight excluding hydrogens is 258 g/mol. The van der Waals surface area contributed by atoms with Crippen molar-refractivity contribution in [2.45, 2.75) is 6.04 Å². The monoisotopic (exact) mass is 269 g/mol. The average molecular weight is 270 g/mol. The lowest BCUT2D eigenvalue weighted by Gasteiger charge is -2.22. The van der Waals surface area contributed by atoms with Gasteiger partial charge in [-0.25, -0.2) is 0 Å². The lowest BCUT2D eigenvalue weighted by atomic mass is 10.0. The quantitative estimate of drug-likeness (QED) is 0.830. The van der Waals surface area contributed by atoms with Crippen LogP contribution in [0.4, 0.5) is 0 Å². The molecule has 80 valence electrons. The number of ether oxygens (including phenoxy) is 1. The van der Waals surface area contributed by atoms with E-state index in [-0.39, 0.29) is 11.8 Å². The molecule has 1 N–H and O–H groups in total. The molecule has 1 aromatic rings. The van der Waals surface area contributed by atoms with Crippen LogP contribution in [0.5, 0.6) is 0 Å². The van der Waals surface area contributed by atoms with Crippen molar-refractivity contribution in [3.8, 4) is 0 Å². The van der Waals surface area contributed by atoms with Crippen LogP contribution in [-0.4, -0.2) is 31.6 Å². The van der Waals surface area contributed by atoms with Gasteiger partial charge in [0, 0.05) is 16.6 Å². The molecule has 4 heteroatoms. The highest BCUT2D eigenvalue weighted by Crippen LogP contribution is 2.13. The van der Waals surface area contributed by atoms with Crippen LogP contribution in [0.25, 0.3) is 0 Å². The molecule has 0 bridgehead atoms. The van der Waals surface area contributed by atoms with Crippen molar-refractivity contribution in [3.05, 3.63) is 34.3 Å². The van der Waals surface area contributed by atoms with Gasteiger partial charge in [-0.15, -0.1) is 0 Å². The molecule has 0 amide bonds. The number of hydrogen-bond acceptors (Lipinski definition) is 3. The summed E-state index contributed by atoms with van der Waals surface area (Å²) in [6.07, 6.45) is 0. The second-order valence-corrected chi connectivity index (χ2v) is 4.37. The van der Waals surface area contributed by atoms with E-state index >= 15 is 0 Å². The number of carbonyl (C=O) groups is 1. The third kappa shape index (κ3) is 2.65. The largest absolute Gasteiger partial charge is 0.378 e. The van der Waals surface area contributed by atoms with Crippen LogP contribution < -0.4 is 5.32 Å². The highest BCUT2D eigenvalue weighted by atomic mass is 79.9. The van der Waals surface area contributed by atoms with Crippen molar-refractivity contribution in [1.82, 2.24) is 5.32 Å². The van der Waals surface area contributed by atoms with E-state index in [0.29, 0.717) is 18.8 Å². The molecule has 2 rings (SSSR count). The zero-order chi connectivity index (χ0) is 10.7. The van der Waals surface area contributed by atoms with Crippen molar-refractivity contribution >= 4 is 21.7 Å². The summed E-state index contributed by atoms with van der Waals surface area (Å²) < 4.78 is 6.18. The average Bonchev–Trinajstić information content (AvgIpc) is 2.29. The van der Waals surface area contributed by atoms with Gasteiger partial charge < -0.3 is 10.1 Å². The molecule has 1 heterocycles. The second kappa shape index (κ2) is 4.88. The van der Waals surface area contributed by atoms with E-state index in [1.807, 2.05) is 24.3 Å². The van der Waals surface area contributed by atoms with Gasteiger partial charge in [0.05, 0.1) is 19.3 Å². The van der Waals surface area contributed by atoms with E-state index in [1.54, 1.807) is 0 Å². The van der Waals surface area contributed by atoms with Gasteiger partial charge in [-0.3, -0.25) is 4.79 Å². The fourth-order valence-electron chi connectivity index (χ4n) is 1.58. The van der Waals surface area contributed by atoms with Crippen molar-refractivity contribution in [2.75, 3.05) is 19.8 Å². The summed E-state index contributed by atoms with van der Waals surface area (Å²) in [4.78, 5) is 12.0. The smallest absolute Gasteiger partial charge is 0.182 e. The first-order chi connectivity index (χ1) is 7.27. The fraction of sp³-hybridized carbons (Fsp3) is 0.364. The molecule has 1 aliphatic heterocycles. The van der Waals surface area contributed by atoms with E-state index < -0.39 is 0 Å². The number of carbonyl (C=O) groups excluding carboxylic acids is 1. The molecule has 1 atom stereocenters. The number of ketones is 1. The molecule has 1 saturated heterocycles. The van der Waals surface area contributed by atoms with Gasteiger partial charge in [0.15, 0.2) is 5.78 Å². The maximum Gasteiger partial charge on any atom is 0.182 e. The molecule has 0 radical (unpaired) electrons. The van der Waals surface area contributed by atoms with Gasteiger partial charge >= 0.3 is 0 Å². The summed E-state index contributed by atoms with van der Waals surface area (Å²) >= 11 is 3.35. The molecule has 1 fully saturated rings. The number of nitrogens with one attached hydrogen (secondary N) is 1. The minimum Gasteiger partial charge on any atom is -0.378 e. The number of benzene rings is 1. The van der Waals surface area contributed by atoms with Gasteiger partial charge in [-0.1, -0.05) is 28.1 Å². The third-order valence-electron chi connectivity index (χ3n) is 2.35. The molecule has 1 unspecified atom stereocenters. The maximum atomic E-state index is 12.0. The minimum atomic E-state index is -0.201. The van der Waals surface area contributed by atoms with Gasteiger partial charge in [0.25, 0.3) is 0 Å². The molecule has 0 saturated carbocycles. The number of halogens is 1. The molecule has 3 nitrogen and oxygen atoms in total. The summed E-state index contributed by atoms with van der Waals surface area (Å²) in [7, 11) is 0. The Bertz CT molecular complexity index is 361. The Labute approximate surface area is 96.9 Å². The Morgan fingerprint density at radius 3 is 3.07 bits per heavy atom. The number of hydrogen-bond donors (Lipinski definition) is 1. The van der Waals surface area contributed by atoms with Crippen LogP contribution in [0.2, 0.25) is 0 Å². The summed E-state index contributed by atoms with van der Waals surface area (Å²) in [5.41, 5.74) is 0.715. The van der Waals surface area contributed by atoms with Crippen molar-refractivity contribution in [1.29, 1.82) is 0 Å². The van der Waals surface area contributed by atoms with Crippen molar-refractivity contribution < 1.29 is 9.53 Å². The van der Waals surface area contributed by atoms with Gasteiger partial charge in [-0.05, 0) is 12.1 Å². The second-order valence-electron chi connectivity index (χ2n) is 3.46. The summed E-state index contributed by atoms with van der Waals surface area (Å²) in [5, 5.41) is 3.15. The minimum absolute atomic E-state index is 0.0935. The summed E-state index contributed by atoms with van der Waals surface area (Å²) in [6.45, 7) is 1.89. The Kier molecular flexibility index (Phi) is 3.51. The number of rotatable bonds is 2. The van der Waals surface area contributed by atoms with E-state index in [2.05, 4.69) is 21.2 Å². The first-order valence-electron chi connectivity index (χ1n) is 4.88. The SMILES string of the molecule is O=C(c1cccc(Br)c1)C1COCCN1. The maximum absolute atomic E-state index is 12.0.